The Morgan fingerprint density at radius 3 is 1.39 bits per heavy atom. The van der Waals surface area contributed by atoms with Crippen molar-refractivity contribution in [1.82, 2.24) is 63.9 Å². The zero-order valence-electron chi connectivity index (χ0n) is 57.4. The molecule has 2 aliphatic carbocycles. The Balaban J connectivity index is 0.000000753. The van der Waals surface area contributed by atoms with Gasteiger partial charge in [0.15, 0.2) is 11.6 Å². The van der Waals surface area contributed by atoms with Gasteiger partial charge in [0.25, 0.3) is 38.3 Å². The Labute approximate surface area is 653 Å². The molecule has 4 aliphatic rings. The summed E-state index contributed by atoms with van der Waals surface area (Å²) in [5, 5.41) is 28.8. The molecule has 502 valence electrons. The zero-order chi connectivity index (χ0) is 64.8. The van der Waals surface area contributed by atoms with Gasteiger partial charge < -0.3 is 31.3 Å². The third-order valence-electron chi connectivity index (χ3n) is 18.3. The van der Waals surface area contributed by atoms with Gasteiger partial charge in [-0.1, -0.05) is 80.8 Å². The molecule has 2 saturated heterocycles. The van der Waals surface area contributed by atoms with Crippen molar-refractivity contribution in [3.8, 4) is 23.4 Å². The summed E-state index contributed by atoms with van der Waals surface area (Å²) in [6.07, 6.45) is 8.37. The van der Waals surface area contributed by atoms with Crippen LogP contribution >= 0.6 is 51.0 Å². The number of carbonyl (C=O) groups excluding carboxylic acids is 3. The fourth-order valence-electron chi connectivity index (χ4n) is 12.1. The molecule has 25 nitrogen and oxygen atoms in total. The van der Waals surface area contributed by atoms with Crippen LogP contribution in [0, 0.1) is 59.2 Å². The molecule has 2 atom stereocenters. The molecule has 0 spiro atoms. The minimum atomic E-state index is -4.14. The molecule has 2 saturated carbocycles. The van der Waals surface area contributed by atoms with Crippen LogP contribution in [0.4, 0.5) is 5.82 Å². The van der Waals surface area contributed by atoms with Crippen molar-refractivity contribution in [2.24, 2.45) is 59.4 Å². The average molecular weight is 1450 g/mol. The number of aryl methyl sites for hydroxylation is 4. The number of hydrogen-bond acceptors (Lipinski definition) is 19. The summed E-state index contributed by atoms with van der Waals surface area (Å²) in [5.41, 5.74) is 1.64. The third-order valence-corrected chi connectivity index (χ3v) is 21.5. The molecule has 8 heterocycles. The van der Waals surface area contributed by atoms with Crippen molar-refractivity contribution >= 4 is 95.2 Å². The van der Waals surface area contributed by atoms with E-state index < -0.39 is 31.9 Å². The summed E-state index contributed by atoms with van der Waals surface area (Å²) >= 11 is 6.21. The number of nitrogens with one attached hydrogen (secondary N) is 3. The summed E-state index contributed by atoms with van der Waals surface area (Å²) in [6, 6.07) is 9.71. The number of pyridine rings is 2. The normalized spacial score (nSPS) is 19.0. The standard InChI is InChI=1S/C29H41N7O4S.C22H27ClN6O4S.C7H15N.CH2O3.ClH.2K.2H2S.H/c1-18-14-27(3,4)35(15-18)25-20(26(37)33-41(38,39)21-16-34(9)31-19(21)2)10-11-23(30-25)36-13-12-24(32-36)40-17-22-28(5,6)29(22,7)8;1-13-15(11-28(6)25-13)34(31,32)27-20(30)14-7-8-17(24-19(14)23)29-10-9-18(26-29)33-12-16-21(2,3)22(16,4)5;1-6-4-7(2,3)8-5-6;2-1-4-3;;;;;;/h10-13,16,18,22H,14-15,17H2,1-9H3,(H,33,37);7-11,16H,12H2,1-6H3,(H,27,30);6,8H,4-5H2,1-3H3;1,3H;1H;;;2*1H2;/q;;;;;2*+1;;;-1/p-1/t18-;;6-;;;;;;;/m0.0......./s1. The number of carbonyl (C=O) groups is 3. The SMILES string of the molecule is C[C@@H]1CNC(C)(C)C1.Cc1nn(C)cc1S(=O)(=O)NC(=O)c1ccc(-n2ccc(OCC3C(C)(C)C3(C)C)n2)nc1Cl.Cc1nn(C)cc1S(=O)(=O)NC(=O)c1ccc(-n2ccc(OCC3C(C)(C)C3(C)C)n2)nc1N1C[C@@H](C)CC1(C)C.Cl.O=CO[O-].S.S.[H-].[K+].[K+]. The predicted octanol–water partition coefficient (Wildman–Crippen LogP) is 1.85. The predicted molar refractivity (Wildman–Crippen MR) is 353 cm³/mol. The second kappa shape index (κ2) is 32.8. The number of anilines is 1. The molecule has 2 amide bonds. The van der Waals surface area contributed by atoms with E-state index in [1.165, 1.54) is 58.5 Å². The summed E-state index contributed by atoms with van der Waals surface area (Å²) in [6.45, 7) is 37.1. The van der Waals surface area contributed by atoms with E-state index in [0.29, 0.717) is 78.0 Å². The van der Waals surface area contributed by atoms with Gasteiger partial charge in [-0.2, -0.15) is 37.2 Å². The molecule has 2 aliphatic heterocycles. The molecule has 0 aromatic carbocycles. The van der Waals surface area contributed by atoms with Crippen LogP contribution in [0.25, 0.3) is 11.6 Å². The van der Waals surface area contributed by atoms with Crippen molar-refractivity contribution < 1.29 is 155 Å². The number of nitrogens with zero attached hydrogens (tertiary/aromatic N) is 11. The second-order valence-corrected chi connectivity index (χ2v) is 30.4. The number of halogens is 2. The first-order chi connectivity index (χ1) is 40.2. The number of aromatic nitrogens is 10. The van der Waals surface area contributed by atoms with Gasteiger partial charge in [-0.3, -0.25) is 23.7 Å². The first-order valence-corrected chi connectivity index (χ1v) is 32.0. The Morgan fingerprint density at radius 1 is 0.674 bits per heavy atom. The van der Waals surface area contributed by atoms with E-state index in [0.717, 1.165) is 12.3 Å². The van der Waals surface area contributed by atoms with Gasteiger partial charge in [-0.25, -0.2) is 45.6 Å². The minimum Gasteiger partial charge on any atom is -1.00 e. The van der Waals surface area contributed by atoms with E-state index in [1.807, 2.05) is 4.72 Å². The van der Waals surface area contributed by atoms with Crippen LogP contribution in [-0.2, 0) is 43.8 Å². The first-order valence-electron chi connectivity index (χ1n) is 28.6. The van der Waals surface area contributed by atoms with Crippen molar-refractivity contribution in [3.05, 3.63) is 88.9 Å². The smallest absolute Gasteiger partial charge is 1.00 e. The fraction of sp³-hybridized carbons (Fsp3) is 0.576. The van der Waals surface area contributed by atoms with E-state index in [2.05, 4.69) is 142 Å². The van der Waals surface area contributed by atoms with Crippen molar-refractivity contribution in [3.63, 3.8) is 0 Å². The van der Waals surface area contributed by atoms with Gasteiger partial charge in [-0.05, 0) is 119 Å². The minimum absolute atomic E-state index is 0. The van der Waals surface area contributed by atoms with Gasteiger partial charge in [0.05, 0.1) is 35.7 Å². The Morgan fingerprint density at radius 2 is 1.08 bits per heavy atom. The van der Waals surface area contributed by atoms with Gasteiger partial charge in [0, 0.05) is 80.5 Å². The molecular weight excluding hydrogens is 1360 g/mol. The molecule has 92 heavy (non-hydrogen) atoms. The van der Waals surface area contributed by atoms with E-state index in [4.69, 9.17) is 36.1 Å². The largest absolute Gasteiger partial charge is 1.00 e. The van der Waals surface area contributed by atoms with Crippen molar-refractivity contribution in [2.45, 2.75) is 144 Å². The molecule has 0 bridgehead atoms. The molecule has 0 unspecified atom stereocenters. The van der Waals surface area contributed by atoms with Gasteiger partial charge in [0.2, 0.25) is 11.8 Å². The van der Waals surface area contributed by atoms with Crippen LogP contribution in [0.15, 0.2) is 71.0 Å². The first kappa shape index (κ1) is 85.4. The molecule has 0 radical (unpaired) electrons. The Kier molecular flexibility index (Phi) is 30.4. The molecule has 33 heteroatoms. The van der Waals surface area contributed by atoms with Crippen molar-refractivity contribution in [2.75, 3.05) is 31.2 Å². The van der Waals surface area contributed by atoms with E-state index in [9.17, 15) is 26.4 Å². The molecule has 10 rings (SSSR count). The van der Waals surface area contributed by atoms with Gasteiger partial charge in [-0.15, -0.1) is 22.6 Å². The van der Waals surface area contributed by atoms with Crippen LogP contribution in [0.1, 0.15) is 143 Å². The molecule has 3 N–H and O–H groups in total. The quantitative estimate of drug-likeness (QED) is 0.0409. The van der Waals surface area contributed by atoms with E-state index in [1.54, 1.807) is 62.4 Å². The molecule has 6 aromatic heterocycles. The summed E-state index contributed by atoms with van der Waals surface area (Å²) in [7, 11) is -5.05. The number of amides is 2. The maximum absolute atomic E-state index is 13.5. The summed E-state index contributed by atoms with van der Waals surface area (Å²) < 4.78 is 73.3. The van der Waals surface area contributed by atoms with Crippen LogP contribution in [0.5, 0.6) is 11.8 Å². The van der Waals surface area contributed by atoms with Crippen LogP contribution in [0.2, 0.25) is 5.15 Å². The monoisotopic (exact) mass is 1450 g/mol. The number of ether oxygens (including phenoxy) is 2. The van der Waals surface area contributed by atoms with Crippen LogP contribution < -0.4 is 137 Å². The molecule has 4 fully saturated rings. The van der Waals surface area contributed by atoms with Gasteiger partial charge in [0.1, 0.15) is 20.8 Å². The van der Waals surface area contributed by atoms with E-state index >= 15 is 0 Å². The van der Waals surface area contributed by atoms with E-state index in [-0.39, 0.29) is 209 Å². The van der Waals surface area contributed by atoms with Crippen molar-refractivity contribution in [1.29, 1.82) is 0 Å². The number of sulfonamides is 2. The maximum Gasteiger partial charge on any atom is 1.00 e. The Hall–Kier alpha value is -2.68. The maximum atomic E-state index is 13.5. The second-order valence-electron chi connectivity index (χ2n) is 26.7. The number of hydrogen-bond donors (Lipinski definition) is 3. The topological polar surface area (TPSA) is 307 Å². The number of rotatable bonds is 16. The average Bonchev–Trinajstić information content (AvgIpc) is 1.56. The molecular formula is C59H90Cl2K2N14O11S4. The fourth-order valence-corrected chi connectivity index (χ4v) is 14.7. The van der Waals surface area contributed by atoms with Crippen LogP contribution in [-0.4, -0.2) is 122 Å². The van der Waals surface area contributed by atoms with Gasteiger partial charge >= 0.3 is 103 Å². The molecule has 6 aromatic rings. The Bertz CT molecular complexity index is 3740. The summed E-state index contributed by atoms with van der Waals surface area (Å²) in [5.74, 6) is 2.69. The summed E-state index contributed by atoms with van der Waals surface area (Å²) in [4.78, 5) is 48.4. The zero-order valence-corrected chi connectivity index (χ0v) is 67.9. The van der Waals surface area contributed by atoms with Crippen LogP contribution in [0.3, 0.4) is 0 Å². The third kappa shape index (κ3) is 19.6.